The van der Waals surface area contributed by atoms with E-state index >= 15 is 0 Å². The summed E-state index contributed by atoms with van der Waals surface area (Å²) in [5.74, 6) is 0.848. The fraction of sp³-hybridized carbons (Fsp3) is 0.118. The maximum absolute atomic E-state index is 12.3. The number of halogens is 2. The van der Waals surface area contributed by atoms with E-state index in [0.29, 0.717) is 32.7 Å². The number of ether oxygens (including phenoxy) is 2. The number of ketones is 1. The largest absolute Gasteiger partial charge is 0.497 e. The summed E-state index contributed by atoms with van der Waals surface area (Å²) in [5, 5.41) is 0.969. The minimum Gasteiger partial charge on any atom is -0.497 e. The predicted octanol–water partition coefficient (Wildman–Crippen LogP) is 4.91. The molecule has 22 heavy (non-hydrogen) atoms. The molecule has 3 nitrogen and oxygen atoms in total. The molecule has 0 amide bonds. The highest BCUT2D eigenvalue weighted by molar-refractivity contribution is 6.37. The van der Waals surface area contributed by atoms with Crippen LogP contribution in [-0.4, -0.2) is 20.0 Å². The fourth-order valence-corrected chi connectivity index (χ4v) is 2.44. The van der Waals surface area contributed by atoms with Crippen molar-refractivity contribution < 1.29 is 14.3 Å². The van der Waals surface area contributed by atoms with Gasteiger partial charge >= 0.3 is 0 Å². The normalized spacial score (nSPS) is 10.7. The number of hydrogen-bond donors (Lipinski definition) is 0. The van der Waals surface area contributed by atoms with Crippen molar-refractivity contribution in [2.75, 3.05) is 14.2 Å². The fourth-order valence-electron chi connectivity index (χ4n) is 1.92. The second-order valence-electron chi connectivity index (χ2n) is 4.40. The van der Waals surface area contributed by atoms with Crippen molar-refractivity contribution >= 4 is 35.1 Å². The summed E-state index contributed by atoms with van der Waals surface area (Å²) < 4.78 is 10.3. The molecule has 0 aliphatic carbocycles. The Balaban J connectivity index is 2.31. The van der Waals surface area contributed by atoms with Gasteiger partial charge in [0.05, 0.1) is 19.8 Å². The van der Waals surface area contributed by atoms with E-state index in [-0.39, 0.29) is 5.78 Å². The van der Waals surface area contributed by atoms with Gasteiger partial charge in [-0.2, -0.15) is 0 Å². The third-order valence-electron chi connectivity index (χ3n) is 3.08. The van der Waals surface area contributed by atoms with Gasteiger partial charge < -0.3 is 9.47 Å². The van der Waals surface area contributed by atoms with Gasteiger partial charge in [0.25, 0.3) is 0 Å². The van der Waals surface area contributed by atoms with E-state index in [9.17, 15) is 4.79 Å². The smallest absolute Gasteiger partial charge is 0.189 e. The Morgan fingerprint density at radius 3 is 2.32 bits per heavy atom. The SMILES string of the molecule is COc1ccc(C(=O)/C=C/c2c(Cl)cccc2Cl)c(OC)c1. The molecule has 2 rings (SSSR count). The number of carbonyl (C=O) groups is 1. The van der Waals surface area contributed by atoms with Crippen LogP contribution in [0.25, 0.3) is 6.08 Å². The molecule has 2 aromatic rings. The Morgan fingerprint density at radius 1 is 1.05 bits per heavy atom. The molecule has 0 fully saturated rings. The van der Waals surface area contributed by atoms with Crippen molar-refractivity contribution in [2.24, 2.45) is 0 Å². The third-order valence-corrected chi connectivity index (χ3v) is 3.73. The number of benzene rings is 2. The summed E-state index contributed by atoms with van der Waals surface area (Å²) in [7, 11) is 3.05. The molecule has 0 heterocycles. The van der Waals surface area contributed by atoms with E-state index < -0.39 is 0 Å². The van der Waals surface area contributed by atoms with Crippen LogP contribution >= 0.6 is 23.2 Å². The Labute approximate surface area is 139 Å². The van der Waals surface area contributed by atoms with Crippen molar-refractivity contribution in [3.8, 4) is 11.5 Å². The van der Waals surface area contributed by atoms with Gasteiger partial charge in [-0.25, -0.2) is 0 Å². The molecular weight excluding hydrogens is 323 g/mol. The van der Waals surface area contributed by atoms with E-state index in [4.69, 9.17) is 32.7 Å². The lowest BCUT2D eigenvalue weighted by molar-refractivity contribution is 0.104. The lowest BCUT2D eigenvalue weighted by Gasteiger charge is -2.08. The quantitative estimate of drug-likeness (QED) is 0.575. The molecule has 0 saturated carbocycles. The zero-order valence-electron chi connectivity index (χ0n) is 12.1. The zero-order chi connectivity index (χ0) is 16.1. The molecule has 0 bridgehead atoms. The molecule has 0 radical (unpaired) electrons. The summed E-state index contributed by atoms with van der Waals surface area (Å²) >= 11 is 12.1. The van der Waals surface area contributed by atoms with Crippen LogP contribution in [0.2, 0.25) is 10.0 Å². The number of hydrogen-bond acceptors (Lipinski definition) is 3. The first-order valence-electron chi connectivity index (χ1n) is 6.45. The molecule has 0 N–H and O–H groups in total. The van der Waals surface area contributed by atoms with E-state index in [1.807, 2.05) is 0 Å². The molecule has 5 heteroatoms. The van der Waals surface area contributed by atoms with Crippen molar-refractivity contribution in [1.82, 2.24) is 0 Å². The van der Waals surface area contributed by atoms with Crippen LogP contribution in [0.1, 0.15) is 15.9 Å². The van der Waals surface area contributed by atoms with Crippen LogP contribution < -0.4 is 9.47 Å². The molecule has 114 valence electrons. The number of methoxy groups -OCH3 is 2. The maximum Gasteiger partial charge on any atom is 0.189 e. The number of rotatable bonds is 5. The predicted molar refractivity (Wildman–Crippen MR) is 89.4 cm³/mol. The molecule has 0 aromatic heterocycles. The molecule has 0 aliphatic heterocycles. The van der Waals surface area contributed by atoms with Gasteiger partial charge in [-0.3, -0.25) is 4.79 Å². The molecule has 0 saturated heterocycles. The molecule has 0 unspecified atom stereocenters. The van der Waals surface area contributed by atoms with Gasteiger partial charge in [0.15, 0.2) is 5.78 Å². The summed E-state index contributed by atoms with van der Waals surface area (Å²) in [6.45, 7) is 0. The average molecular weight is 337 g/mol. The van der Waals surface area contributed by atoms with Gasteiger partial charge in [-0.05, 0) is 36.4 Å². The lowest BCUT2D eigenvalue weighted by Crippen LogP contribution is -1.99. The molecule has 0 spiro atoms. The maximum atomic E-state index is 12.3. The van der Waals surface area contributed by atoms with E-state index in [2.05, 4.69) is 0 Å². The van der Waals surface area contributed by atoms with Gasteiger partial charge in [0.2, 0.25) is 0 Å². The average Bonchev–Trinajstić information content (AvgIpc) is 2.53. The summed E-state index contributed by atoms with van der Waals surface area (Å²) in [6, 6.07) is 10.2. The van der Waals surface area contributed by atoms with Crippen molar-refractivity contribution in [2.45, 2.75) is 0 Å². The zero-order valence-corrected chi connectivity index (χ0v) is 13.6. The molecule has 0 atom stereocenters. The minimum absolute atomic E-state index is 0.213. The minimum atomic E-state index is -0.213. The topological polar surface area (TPSA) is 35.5 Å². The highest BCUT2D eigenvalue weighted by Crippen LogP contribution is 2.28. The highest BCUT2D eigenvalue weighted by Gasteiger charge is 2.11. The van der Waals surface area contributed by atoms with Crippen LogP contribution in [0, 0.1) is 0 Å². The van der Waals surface area contributed by atoms with Crippen LogP contribution in [0.15, 0.2) is 42.5 Å². The van der Waals surface area contributed by atoms with Crippen LogP contribution in [0.5, 0.6) is 11.5 Å². The third kappa shape index (κ3) is 3.62. The van der Waals surface area contributed by atoms with E-state index in [0.717, 1.165) is 0 Å². The number of allylic oxidation sites excluding steroid dienone is 1. The van der Waals surface area contributed by atoms with Crippen LogP contribution in [-0.2, 0) is 0 Å². The Bertz CT molecular complexity index is 704. The highest BCUT2D eigenvalue weighted by atomic mass is 35.5. The van der Waals surface area contributed by atoms with Crippen LogP contribution in [0.4, 0.5) is 0 Å². The lowest BCUT2D eigenvalue weighted by atomic mass is 10.1. The van der Waals surface area contributed by atoms with Gasteiger partial charge in [0, 0.05) is 21.7 Å². The standard InChI is InChI=1S/C17H14Cl2O3/c1-21-11-6-7-13(17(10-11)22-2)16(20)9-8-12-14(18)4-3-5-15(12)19/h3-10H,1-2H3/b9-8+. The Morgan fingerprint density at radius 2 is 1.73 bits per heavy atom. The first kappa shape index (κ1) is 16.4. The Hall–Kier alpha value is -1.97. The Kier molecular flexibility index (Phi) is 5.47. The van der Waals surface area contributed by atoms with Gasteiger partial charge in [-0.1, -0.05) is 29.3 Å². The second-order valence-corrected chi connectivity index (χ2v) is 5.21. The number of carbonyl (C=O) groups excluding carboxylic acids is 1. The molecule has 0 aliphatic rings. The first-order valence-corrected chi connectivity index (χ1v) is 7.21. The summed E-state index contributed by atoms with van der Waals surface area (Å²) in [6.07, 6.45) is 3.01. The van der Waals surface area contributed by atoms with E-state index in [1.165, 1.54) is 13.2 Å². The first-order chi connectivity index (χ1) is 10.6. The second kappa shape index (κ2) is 7.34. The van der Waals surface area contributed by atoms with Crippen LogP contribution in [0.3, 0.4) is 0 Å². The summed E-state index contributed by atoms with van der Waals surface area (Å²) in [5.41, 5.74) is 1.04. The van der Waals surface area contributed by atoms with Crippen molar-refractivity contribution in [3.05, 3.63) is 63.6 Å². The van der Waals surface area contributed by atoms with Crippen molar-refractivity contribution in [1.29, 1.82) is 0 Å². The van der Waals surface area contributed by atoms with Gasteiger partial charge in [-0.15, -0.1) is 0 Å². The van der Waals surface area contributed by atoms with Crippen molar-refractivity contribution in [3.63, 3.8) is 0 Å². The molecular formula is C17H14Cl2O3. The molecule has 2 aromatic carbocycles. The monoisotopic (exact) mass is 336 g/mol. The van der Waals surface area contributed by atoms with E-state index in [1.54, 1.807) is 49.6 Å². The summed E-state index contributed by atoms with van der Waals surface area (Å²) in [4.78, 5) is 12.3. The van der Waals surface area contributed by atoms with Gasteiger partial charge in [0.1, 0.15) is 11.5 Å².